The second-order valence-corrected chi connectivity index (χ2v) is 5.95. The standard InChI is InChI=1S/C15H19BrO3/c1-2-10-5-3-6-11(9-10)19-13-8-4-7-12(16)14(13)15(17)18/h4,7-8,10-11H,2-3,5-6,9H2,1H3,(H,17,18). The van der Waals surface area contributed by atoms with E-state index in [1.54, 1.807) is 12.1 Å². The Bertz CT molecular complexity index is 459. The molecule has 2 rings (SSSR count). The first-order valence-electron chi connectivity index (χ1n) is 6.80. The number of hydrogen-bond donors (Lipinski definition) is 1. The van der Waals surface area contributed by atoms with E-state index in [4.69, 9.17) is 4.74 Å². The lowest BCUT2D eigenvalue weighted by molar-refractivity contribution is 0.0681. The second kappa shape index (κ2) is 6.42. The first kappa shape index (κ1) is 14.4. The normalized spacial score (nSPS) is 23.1. The summed E-state index contributed by atoms with van der Waals surface area (Å²) in [6, 6.07) is 5.28. The molecule has 1 fully saturated rings. The summed E-state index contributed by atoms with van der Waals surface area (Å²) in [5.41, 5.74) is 0.223. The van der Waals surface area contributed by atoms with Gasteiger partial charge in [-0.1, -0.05) is 25.8 Å². The Labute approximate surface area is 122 Å². The summed E-state index contributed by atoms with van der Waals surface area (Å²) in [7, 11) is 0. The lowest BCUT2D eigenvalue weighted by Crippen LogP contribution is -2.25. The summed E-state index contributed by atoms with van der Waals surface area (Å²) in [6.45, 7) is 2.20. The Balaban J connectivity index is 2.14. The molecular formula is C15H19BrO3. The molecule has 1 aromatic rings. The van der Waals surface area contributed by atoms with E-state index in [1.807, 2.05) is 6.07 Å². The highest BCUT2D eigenvalue weighted by molar-refractivity contribution is 9.10. The van der Waals surface area contributed by atoms with Crippen molar-refractivity contribution >= 4 is 21.9 Å². The molecule has 104 valence electrons. The lowest BCUT2D eigenvalue weighted by atomic mass is 9.85. The largest absolute Gasteiger partial charge is 0.489 e. The van der Waals surface area contributed by atoms with Crippen molar-refractivity contribution in [3.8, 4) is 5.75 Å². The molecule has 2 atom stereocenters. The molecule has 0 radical (unpaired) electrons. The molecule has 1 aliphatic carbocycles. The van der Waals surface area contributed by atoms with Gasteiger partial charge in [0.1, 0.15) is 11.3 Å². The van der Waals surface area contributed by atoms with Gasteiger partial charge in [-0.05, 0) is 53.2 Å². The van der Waals surface area contributed by atoms with Crippen LogP contribution in [0.1, 0.15) is 49.4 Å². The molecule has 2 unspecified atom stereocenters. The highest BCUT2D eigenvalue weighted by atomic mass is 79.9. The van der Waals surface area contributed by atoms with Gasteiger partial charge in [0.15, 0.2) is 0 Å². The van der Waals surface area contributed by atoms with Gasteiger partial charge in [0.25, 0.3) is 0 Å². The third-order valence-corrected chi connectivity index (χ3v) is 4.46. The molecule has 1 N–H and O–H groups in total. The first-order valence-corrected chi connectivity index (χ1v) is 7.59. The van der Waals surface area contributed by atoms with Gasteiger partial charge in [0, 0.05) is 4.47 Å². The molecule has 0 heterocycles. The number of carboxylic acid groups (broad SMARTS) is 1. The number of benzene rings is 1. The molecule has 0 saturated heterocycles. The zero-order chi connectivity index (χ0) is 13.8. The van der Waals surface area contributed by atoms with E-state index in [2.05, 4.69) is 22.9 Å². The zero-order valence-electron chi connectivity index (χ0n) is 11.1. The third kappa shape index (κ3) is 3.50. The summed E-state index contributed by atoms with van der Waals surface area (Å²) < 4.78 is 6.52. The molecule has 4 heteroatoms. The minimum Gasteiger partial charge on any atom is -0.489 e. The van der Waals surface area contributed by atoms with E-state index in [-0.39, 0.29) is 11.7 Å². The monoisotopic (exact) mass is 326 g/mol. The molecule has 0 aliphatic heterocycles. The average molecular weight is 327 g/mol. The van der Waals surface area contributed by atoms with Crippen LogP contribution in [-0.4, -0.2) is 17.2 Å². The Morgan fingerprint density at radius 2 is 2.26 bits per heavy atom. The van der Waals surface area contributed by atoms with Crippen molar-refractivity contribution in [2.24, 2.45) is 5.92 Å². The number of ether oxygens (including phenoxy) is 1. The van der Waals surface area contributed by atoms with Crippen LogP contribution in [0, 0.1) is 5.92 Å². The van der Waals surface area contributed by atoms with Crippen LogP contribution >= 0.6 is 15.9 Å². The fraction of sp³-hybridized carbons (Fsp3) is 0.533. The molecule has 0 amide bonds. The summed E-state index contributed by atoms with van der Waals surface area (Å²) in [5.74, 6) is 0.230. The first-order chi connectivity index (χ1) is 9.11. The van der Waals surface area contributed by atoms with Crippen molar-refractivity contribution in [2.75, 3.05) is 0 Å². The van der Waals surface area contributed by atoms with E-state index in [9.17, 15) is 9.90 Å². The molecule has 3 nitrogen and oxygen atoms in total. The van der Waals surface area contributed by atoms with Gasteiger partial charge in [-0.15, -0.1) is 0 Å². The Morgan fingerprint density at radius 1 is 1.47 bits per heavy atom. The maximum atomic E-state index is 11.3. The van der Waals surface area contributed by atoms with Gasteiger partial charge in [-0.3, -0.25) is 0 Å². The topological polar surface area (TPSA) is 46.5 Å². The van der Waals surface area contributed by atoms with Crippen LogP contribution in [0.3, 0.4) is 0 Å². The van der Waals surface area contributed by atoms with Crippen molar-refractivity contribution in [1.29, 1.82) is 0 Å². The van der Waals surface area contributed by atoms with Crippen LogP contribution in [-0.2, 0) is 0 Å². The number of hydrogen-bond acceptors (Lipinski definition) is 2. The molecule has 0 bridgehead atoms. The van der Waals surface area contributed by atoms with Gasteiger partial charge in [0.2, 0.25) is 0 Å². The predicted molar refractivity (Wildman–Crippen MR) is 77.8 cm³/mol. The zero-order valence-corrected chi connectivity index (χ0v) is 12.6. The van der Waals surface area contributed by atoms with Gasteiger partial charge in [-0.2, -0.15) is 0 Å². The van der Waals surface area contributed by atoms with Gasteiger partial charge in [0.05, 0.1) is 6.10 Å². The van der Waals surface area contributed by atoms with Crippen LogP contribution in [0.15, 0.2) is 22.7 Å². The number of carbonyl (C=O) groups is 1. The number of halogens is 1. The number of carboxylic acids is 1. The summed E-state index contributed by atoms with van der Waals surface area (Å²) in [4.78, 5) is 11.3. The van der Waals surface area contributed by atoms with Crippen molar-refractivity contribution in [3.63, 3.8) is 0 Å². The molecular weight excluding hydrogens is 308 g/mol. The summed E-state index contributed by atoms with van der Waals surface area (Å²) >= 11 is 3.28. The second-order valence-electron chi connectivity index (χ2n) is 5.10. The van der Waals surface area contributed by atoms with Crippen molar-refractivity contribution < 1.29 is 14.6 Å². The quantitative estimate of drug-likeness (QED) is 0.886. The average Bonchev–Trinajstić information content (AvgIpc) is 2.38. The van der Waals surface area contributed by atoms with Gasteiger partial charge >= 0.3 is 5.97 Å². The van der Waals surface area contributed by atoms with E-state index in [0.29, 0.717) is 16.1 Å². The van der Waals surface area contributed by atoms with Crippen LogP contribution in [0.2, 0.25) is 0 Å². The Morgan fingerprint density at radius 3 is 2.95 bits per heavy atom. The van der Waals surface area contributed by atoms with E-state index in [1.165, 1.54) is 19.3 Å². The molecule has 0 spiro atoms. The van der Waals surface area contributed by atoms with E-state index >= 15 is 0 Å². The van der Waals surface area contributed by atoms with E-state index in [0.717, 1.165) is 12.8 Å². The Kier molecular flexibility index (Phi) is 4.86. The van der Waals surface area contributed by atoms with Crippen molar-refractivity contribution in [1.82, 2.24) is 0 Å². The SMILES string of the molecule is CCC1CCCC(Oc2cccc(Br)c2C(=O)O)C1. The summed E-state index contributed by atoms with van der Waals surface area (Å²) in [5, 5.41) is 9.26. The molecule has 1 aliphatic rings. The van der Waals surface area contributed by atoms with Crippen LogP contribution in [0.5, 0.6) is 5.75 Å². The highest BCUT2D eigenvalue weighted by Crippen LogP contribution is 2.33. The Hall–Kier alpha value is -1.03. The molecule has 19 heavy (non-hydrogen) atoms. The van der Waals surface area contributed by atoms with Crippen LogP contribution in [0.4, 0.5) is 0 Å². The van der Waals surface area contributed by atoms with Crippen LogP contribution < -0.4 is 4.74 Å². The fourth-order valence-corrected chi connectivity index (χ4v) is 3.23. The maximum Gasteiger partial charge on any atom is 0.340 e. The smallest absolute Gasteiger partial charge is 0.340 e. The van der Waals surface area contributed by atoms with Crippen molar-refractivity contribution in [3.05, 3.63) is 28.2 Å². The third-order valence-electron chi connectivity index (χ3n) is 3.79. The van der Waals surface area contributed by atoms with Crippen molar-refractivity contribution in [2.45, 2.75) is 45.1 Å². The minimum atomic E-state index is -0.953. The lowest BCUT2D eigenvalue weighted by Gasteiger charge is -2.29. The molecule has 0 aromatic heterocycles. The van der Waals surface area contributed by atoms with Gasteiger partial charge in [-0.25, -0.2) is 4.79 Å². The molecule has 1 saturated carbocycles. The van der Waals surface area contributed by atoms with E-state index < -0.39 is 5.97 Å². The van der Waals surface area contributed by atoms with Crippen LogP contribution in [0.25, 0.3) is 0 Å². The predicted octanol–water partition coefficient (Wildman–Crippen LogP) is 4.49. The summed E-state index contributed by atoms with van der Waals surface area (Å²) in [6.07, 6.45) is 5.79. The fourth-order valence-electron chi connectivity index (χ4n) is 2.71. The minimum absolute atomic E-state index is 0.145. The van der Waals surface area contributed by atoms with Gasteiger partial charge < -0.3 is 9.84 Å². The number of rotatable bonds is 4. The number of aromatic carboxylic acids is 1. The molecule has 1 aromatic carbocycles. The maximum absolute atomic E-state index is 11.3. The highest BCUT2D eigenvalue weighted by Gasteiger charge is 2.24.